The summed E-state index contributed by atoms with van der Waals surface area (Å²) >= 11 is 4.77. The van der Waals surface area contributed by atoms with Gasteiger partial charge in [-0.15, -0.1) is 11.3 Å². The van der Waals surface area contributed by atoms with Crippen LogP contribution in [0.25, 0.3) is 0 Å². The van der Waals surface area contributed by atoms with Gasteiger partial charge in [-0.3, -0.25) is 9.59 Å². The summed E-state index contributed by atoms with van der Waals surface area (Å²) in [6, 6.07) is 1.76. The van der Waals surface area contributed by atoms with Crippen molar-refractivity contribution in [2.24, 2.45) is 0 Å². The molecule has 7 heteroatoms. The van der Waals surface area contributed by atoms with E-state index in [0.29, 0.717) is 18.7 Å². The number of thiophene rings is 1. The fourth-order valence-corrected chi connectivity index (χ4v) is 2.49. The van der Waals surface area contributed by atoms with Crippen LogP contribution in [0.3, 0.4) is 0 Å². The summed E-state index contributed by atoms with van der Waals surface area (Å²) in [6.45, 7) is 0.850. The maximum atomic E-state index is 12.3. The molecule has 0 aromatic carbocycles. The Balaban J connectivity index is 2.78. The molecule has 5 nitrogen and oxygen atoms in total. The number of likely N-dealkylation sites (N-methyl/N-ethyl adjacent to an activating group) is 1. The average Bonchev–Trinajstić information content (AvgIpc) is 2.79. The van der Waals surface area contributed by atoms with Crippen LogP contribution in [-0.4, -0.2) is 62.5 Å². The Morgan fingerprint density at radius 3 is 2.58 bits per heavy atom. The number of halogens is 1. The summed E-state index contributed by atoms with van der Waals surface area (Å²) in [7, 11) is 4.91. The molecule has 0 aliphatic carbocycles. The van der Waals surface area contributed by atoms with Crippen molar-refractivity contribution in [3.05, 3.63) is 20.8 Å². The number of carbonyl (C=O) groups is 2. The minimum absolute atomic E-state index is 0.0582. The third-order valence-electron chi connectivity index (χ3n) is 2.49. The third kappa shape index (κ3) is 4.93. The van der Waals surface area contributed by atoms with Crippen LogP contribution in [0.5, 0.6) is 0 Å². The molecule has 0 aliphatic heterocycles. The van der Waals surface area contributed by atoms with Gasteiger partial charge in [0.05, 0.1) is 16.0 Å². The Kier molecular flexibility index (Phi) is 6.47. The van der Waals surface area contributed by atoms with Gasteiger partial charge in [0.15, 0.2) is 0 Å². The molecule has 2 amide bonds. The summed E-state index contributed by atoms with van der Waals surface area (Å²) in [6.07, 6.45) is 0. The molecule has 0 unspecified atom stereocenters. The zero-order valence-corrected chi connectivity index (χ0v) is 13.6. The first-order valence-corrected chi connectivity index (χ1v) is 7.35. The van der Waals surface area contributed by atoms with E-state index in [2.05, 4.69) is 15.9 Å². The van der Waals surface area contributed by atoms with E-state index in [1.54, 1.807) is 32.7 Å². The quantitative estimate of drug-likeness (QED) is 0.785. The topological polar surface area (TPSA) is 49.9 Å². The van der Waals surface area contributed by atoms with Crippen LogP contribution in [-0.2, 0) is 9.53 Å². The monoisotopic (exact) mass is 348 g/mol. The molecular weight excluding hydrogens is 332 g/mol. The second-order valence-electron chi connectivity index (χ2n) is 4.15. The van der Waals surface area contributed by atoms with Crippen molar-refractivity contribution in [1.29, 1.82) is 0 Å². The maximum Gasteiger partial charge on any atom is 0.255 e. The van der Waals surface area contributed by atoms with Gasteiger partial charge in [0.2, 0.25) is 5.91 Å². The number of carbonyl (C=O) groups excluding carboxylic acids is 2. The van der Waals surface area contributed by atoms with Crippen molar-refractivity contribution in [2.45, 2.75) is 0 Å². The van der Waals surface area contributed by atoms with Crippen LogP contribution in [0, 0.1) is 0 Å². The third-order valence-corrected chi connectivity index (χ3v) is 4.00. The van der Waals surface area contributed by atoms with Crippen molar-refractivity contribution >= 4 is 39.1 Å². The van der Waals surface area contributed by atoms with Crippen molar-refractivity contribution in [2.75, 3.05) is 40.9 Å². The second-order valence-corrected chi connectivity index (χ2v) is 6.44. The van der Waals surface area contributed by atoms with Crippen molar-refractivity contribution in [3.63, 3.8) is 0 Å². The smallest absolute Gasteiger partial charge is 0.255 e. The highest BCUT2D eigenvalue weighted by Gasteiger charge is 2.20. The number of hydrogen-bond donors (Lipinski definition) is 0. The normalized spacial score (nSPS) is 10.3. The highest BCUT2D eigenvalue weighted by atomic mass is 79.9. The molecule has 0 bridgehead atoms. The number of amides is 2. The molecule has 0 spiro atoms. The first-order chi connectivity index (χ1) is 8.95. The van der Waals surface area contributed by atoms with E-state index in [9.17, 15) is 9.59 Å². The Morgan fingerprint density at radius 1 is 1.42 bits per heavy atom. The minimum atomic E-state index is -0.158. The van der Waals surface area contributed by atoms with Gasteiger partial charge >= 0.3 is 0 Å². The lowest BCUT2D eigenvalue weighted by atomic mass is 10.3. The molecule has 0 saturated carbocycles. The van der Waals surface area contributed by atoms with E-state index >= 15 is 0 Å². The number of nitrogens with zero attached hydrogens (tertiary/aromatic N) is 2. The van der Waals surface area contributed by atoms with Crippen LogP contribution >= 0.6 is 27.3 Å². The molecule has 0 N–H and O–H groups in total. The van der Waals surface area contributed by atoms with Crippen molar-refractivity contribution < 1.29 is 14.3 Å². The number of methoxy groups -OCH3 is 1. The van der Waals surface area contributed by atoms with Crippen molar-refractivity contribution in [3.8, 4) is 0 Å². The maximum absolute atomic E-state index is 12.3. The fourth-order valence-electron chi connectivity index (χ4n) is 1.36. The molecule has 0 saturated heterocycles. The summed E-state index contributed by atoms with van der Waals surface area (Å²) in [5.41, 5.74) is 0.583. The fraction of sp³-hybridized carbons (Fsp3) is 0.500. The lowest BCUT2D eigenvalue weighted by molar-refractivity contribution is -0.129. The van der Waals surface area contributed by atoms with Gasteiger partial charge in [0, 0.05) is 33.1 Å². The highest BCUT2D eigenvalue weighted by Crippen LogP contribution is 2.21. The molecule has 0 fully saturated rings. The number of hydrogen-bond acceptors (Lipinski definition) is 4. The molecule has 19 heavy (non-hydrogen) atoms. The summed E-state index contributed by atoms with van der Waals surface area (Å²) in [4.78, 5) is 27.0. The Hall–Kier alpha value is -0.920. The van der Waals surface area contributed by atoms with Gasteiger partial charge in [-0.05, 0) is 22.0 Å². The SMILES string of the molecule is COCCN(CC(=O)N(C)C)C(=O)c1csc(Br)c1. The van der Waals surface area contributed by atoms with Gasteiger partial charge in [0.25, 0.3) is 5.91 Å². The van der Waals surface area contributed by atoms with Gasteiger partial charge < -0.3 is 14.5 Å². The van der Waals surface area contributed by atoms with Crippen molar-refractivity contribution in [1.82, 2.24) is 9.80 Å². The second kappa shape index (κ2) is 7.62. The lowest BCUT2D eigenvalue weighted by Gasteiger charge is -2.23. The van der Waals surface area contributed by atoms with Crippen LogP contribution in [0.4, 0.5) is 0 Å². The zero-order valence-electron chi connectivity index (χ0n) is 11.2. The Labute approximate surface area is 125 Å². The Bertz CT molecular complexity index is 448. The first-order valence-electron chi connectivity index (χ1n) is 5.68. The van der Waals surface area contributed by atoms with E-state index in [4.69, 9.17) is 4.74 Å². The van der Waals surface area contributed by atoms with Crippen LogP contribution in [0.2, 0.25) is 0 Å². The standard InChI is InChI=1S/C12H17BrN2O3S/c1-14(2)11(16)7-15(4-5-18-3)12(17)9-6-10(13)19-8-9/h6,8H,4-5,7H2,1-3H3. The number of rotatable bonds is 6. The zero-order chi connectivity index (χ0) is 14.4. The van der Waals surface area contributed by atoms with E-state index in [0.717, 1.165) is 3.79 Å². The van der Waals surface area contributed by atoms with Gasteiger partial charge in [0.1, 0.15) is 6.54 Å². The van der Waals surface area contributed by atoms with Crippen LogP contribution < -0.4 is 0 Å². The number of ether oxygens (including phenoxy) is 1. The molecule has 0 aliphatic rings. The molecule has 1 heterocycles. The molecule has 1 aromatic heterocycles. The lowest BCUT2D eigenvalue weighted by Crippen LogP contribution is -2.41. The highest BCUT2D eigenvalue weighted by molar-refractivity contribution is 9.11. The molecule has 1 rings (SSSR count). The van der Waals surface area contributed by atoms with Gasteiger partial charge in [-0.2, -0.15) is 0 Å². The van der Waals surface area contributed by atoms with Crippen LogP contribution in [0.1, 0.15) is 10.4 Å². The minimum Gasteiger partial charge on any atom is -0.383 e. The Morgan fingerprint density at radius 2 is 2.11 bits per heavy atom. The van der Waals surface area contributed by atoms with Crippen LogP contribution in [0.15, 0.2) is 15.2 Å². The average molecular weight is 349 g/mol. The molecular formula is C12H17BrN2O3S. The molecule has 106 valence electrons. The molecule has 0 radical (unpaired) electrons. The molecule has 1 aromatic rings. The van der Waals surface area contributed by atoms with Gasteiger partial charge in [-0.1, -0.05) is 0 Å². The summed E-state index contributed by atoms with van der Waals surface area (Å²) < 4.78 is 5.87. The van der Waals surface area contributed by atoms with E-state index in [1.807, 2.05) is 0 Å². The first kappa shape index (κ1) is 16.1. The summed E-state index contributed by atoms with van der Waals surface area (Å²) in [5, 5.41) is 1.77. The van der Waals surface area contributed by atoms with E-state index < -0.39 is 0 Å². The summed E-state index contributed by atoms with van der Waals surface area (Å²) in [5.74, 6) is -0.270. The predicted octanol–water partition coefficient (Wildman–Crippen LogP) is 1.69. The molecule has 0 atom stereocenters. The van der Waals surface area contributed by atoms with E-state index in [-0.39, 0.29) is 18.4 Å². The van der Waals surface area contributed by atoms with Gasteiger partial charge in [-0.25, -0.2) is 0 Å². The van der Waals surface area contributed by atoms with E-state index in [1.165, 1.54) is 21.1 Å². The largest absolute Gasteiger partial charge is 0.383 e. The predicted molar refractivity (Wildman–Crippen MR) is 78.5 cm³/mol.